The number of carbonyl (C=O) groups is 1. The number of urea groups is 1. The minimum absolute atomic E-state index is 0.229. The fourth-order valence-electron chi connectivity index (χ4n) is 0.978. The summed E-state index contributed by atoms with van der Waals surface area (Å²) in [6.45, 7) is 0.681. The van der Waals surface area contributed by atoms with Gasteiger partial charge in [0.15, 0.2) is 0 Å². The number of amides is 2. The van der Waals surface area contributed by atoms with Gasteiger partial charge >= 0.3 is 6.03 Å². The number of nitrogens with one attached hydrogen (secondary N) is 2. The van der Waals surface area contributed by atoms with Crippen molar-refractivity contribution in [2.75, 3.05) is 6.54 Å². The monoisotopic (exact) mass is 222 g/mol. The first-order valence-corrected chi connectivity index (χ1v) is 4.80. The Morgan fingerprint density at radius 3 is 2.60 bits per heavy atom. The quantitative estimate of drug-likeness (QED) is 0.752. The molecule has 0 saturated carbocycles. The normalized spacial score (nSPS) is 9.07. The summed E-state index contributed by atoms with van der Waals surface area (Å²) in [5.74, 6) is 2.31. The van der Waals surface area contributed by atoms with Crippen molar-refractivity contribution in [2.24, 2.45) is 0 Å². The molecule has 0 fully saturated rings. The van der Waals surface area contributed by atoms with Crippen LogP contribution in [0.3, 0.4) is 0 Å². The zero-order valence-electron chi connectivity index (χ0n) is 8.09. The van der Waals surface area contributed by atoms with E-state index in [1.165, 1.54) is 0 Å². The summed E-state index contributed by atoms with van der Waals surface area (Å²) in [5, 5.41) is 5.84. The first-order chi connectivity index (χ1) is 7.22. The molecule has 0 aliphatic carbocycles. The van der Waals surface area contributed by atoms with E-state index >= 15 is 0 Å². The standard InChI is InChI=1S/C11H11ClN2O/c1-2-7-13-11(15)14-8-9-3-5-10(12)6-4-9/h1,3-6H,7-8H2,(H2,13,14,15). The third-order valence-electron chi connectivity index (χ3n) is 1.72. The van der Waals surface area contributed by atoms with Gasteiger partial charge in [0.2, 0.25) is 0 Å². The lowest BCUT2D eigenvalue weighted by molar-refractivity contribution is 0.241. The minimum atomic E-state index is -0.275. The number of hydrogen-bond acceptors (Lipinski definition) is 1. The van der Waals surface area contributed by atoms with E-state index in [0.717, 1.165) is 5.56 Å². The highest BCUT2D eigenvalue weighted by Crippen LogP contribution is 2.08. The molecule has 78 valence electrons. The van der Waals surface area contributed by atoms with Gasteiger partial charge in [-0.3, -0.25) is 0 Å². The predicted octanol–water partition coefficient (Wildman–Crippen LogP) is 1.77. The molecule has 0 unspecified atom stereocenters. The Hall–Kier alpha value is -1.66. The van der Waals surface area contributed by atoms with Gasteiger partial charge in [-0.1, -0.05) is 29.7 Å². The molecule has 0 spiro atoms. The highest BCUT2D eigenvalue weighted by Gasteiger charge is 1.98. The van der Waals surface area contributed by atoms with Crippen molar-refractivity contribution < 1.29 is 4.79 Å². The summed E-state index contributed by atoms with van der Waals surface area (Å²) in [5.41, 5.74) is 0.982. The van der Waals surface area contributed by atoms with Crippen molar-refractivity contribution in [2.45, 2.75) is 6.54 Å². The molecule has 3 nitrogen and oxygen atoms in total. The van der Waals surface area contributed by atoms with Gasteiger partial charge in [0.1, 0.15) is 0 Å². The Morgan fingerprint density at radius 2 is 2.00 bits per heavy atom. The first kappa shape index (κ1) is 11.4. The molecule has 1 aromatic carbocycles. The van der Waals surface area contributed by atoms with Crippen LogP contribution in [0.1, 0.15) is 5.56 Å². The van der Waals surface area contributed by atoms with Crippen LogP contribution in [0.25, 0.3) is 0 Å². The summed E-state index contributed by atoms with van der Waals surface area (Å²) in [6, 6.07) is 6.98. The Kier molecular flexibility index (Phi) is 4.52. The van der Waals surface area contributed by atoms with Crippen LogP contribution in [0.4, 0.5) is 4.79 Å². The molecule has 0 radical (unpaired) electrons. The highest BCUT2D eigenvalue weighted by molar-refractivity contribution is 6.30. The van der Waals surface area contributed by atoms with Crippen LogP contribution in [-0.2, 0) is 6.54 Å². The van der Waals surface area contributed by atoms with Crippen LogP contribution in [-0.4, -0.2) is 12.6 Å². The summed E-state index contributed by atoms with van der Waals surface area (Å²) in [7, 11) is 0. The number of rotatable bonds is 3. The maximum absolute atomic E-state index is 11.1. The van der Waals surface area contributed by atoms with Gasteiger partial charge in [-0.05, 0) is 17.7 Å². The fourth-order valence-corrected chi connectivity index (χ4v) is 1.10. The molecule has 0 heterocycles. The molecular weight excluding hydrogens is 212 g/mol. The number of carbonyl (C=O) groups excluding carboxylic acids is 1. The molecule has 2 amide bonds. The van der Waals surface area contributed by atoms with Crippen molar-refractivity contribution in [3.63, 3.8) is 0 Å². The van der Waals surface area contributed by atoms with Crippen LogP contribution < -0.4 is 10.6 Å². The number of halogens is 1. The summed E-state index contributed by atoms with van der Waals surface area (Å²) in [6.07, 6.45) is 4.99. The molecule has 1 aromatic rings. The van der Waals surface area contributed by atoms with Gasteiger partial charge in [0.05, 0.1) is 6.54 Å². The molecule has 2 N–H and O–H groups in total. The minimum Gasteiger partial charge on any atom is -0.334 e. The summed E-state index contributed by atoms with van der Waals surface area (Å²) >= 11 is 5.72. The number of hydrogen-bond donors (Lipinski definition) is 2. The predicted molar refractivity (Wildman–Crippen MR) is 60.5 cm³/mol. The molecule has 0 atom stereocenters. The SMILES string of the molecule is C#CCNC(=O)NCc1ccc(Cl)cc1. The third kappa shape index (κ3) is 4.39. The van der Waals surface area contributed by atoms with E-state index in [1.54, 1.807) is 12.1 Å². The van der Waals surface area contributed by atoms with E-state index in [2.05, 4.69) is 16.6 Å². The van der Waals surface area contributed by atoms with E-state index in [9.17, 15) is 4.79 Å². The number of benzene rings is 1. The highest BCUT2D eigenvalue weighted by atomic mass is 35.5. The van der Waals surface area contributed by atoms with E-state index in [0.29, 0.717) is 11.6 Å². The topological polar surface area (TPSA) is 41.1 Å². The van der Waals surface area contributed by atoms with Crippen molar-refractivity contribution in [1.29, 1.82) is 0 Å². The van der Waals surface area contributed by atoms with Gasteiger partial charge in [0, 0.05) is 11.6 Å². The largest absolute Gasteiger partial charge is 0.334 e. The van der Waals surface area contributed by atoms with E-state index in [4.69, 9.17) is 18.0 Å². The van der Waals surface area contributed by atoms with Gasteiger partial charge in [0.25, 0.3) is 0 Å². The summed E-state index contributed by atoms with van der Waals surface area (Å²) in [4.78, 5) is 11.1. The molecule has 0 bridgehead atoms. The second kappa shape index (κ2) is 5.94. The average molecular weight is 223 g/mol. The van der Waals surface area contributed by atoms with Gasteiger partial charge in [-0.15, -0.1) is 6.42 Å². The zero-order valence-corrected chi connectivity index (χ0v) is 8.84. The third-order valence-corrected chi connectivity index (χ3v) is 1.97. The molecule has 0 aliphatic heterocycles. The van der Waals surface area contributed by atoms with Crippen molar-refractivity contribution in [1.82, 2.24) is 10.6 Å². The van der Waals surface area contributed by atoms with E-state index in [1.807, 2.05) is 12.1 Å². The maximum atomic E-state index is 11.1. The average Bonchev–Trinajstić information content (AvgIpc) is 2.25. The van der Waals surface area contributed by atoms with Gasteiger partial charge in [-0.25, -0.2) is 4.79 Å². The van der Waals surface area contributed by atoms with Crippen LogP contribution in [0.5, 0.6) is 0 Å². The van der Waals surface area contributed by atoms with Crippen molar-refractivity contribution in [3.8, 4) is 12.3 Å². The molecule has 0 aliphatic rings. The van der Waals surface area contributed by atoms with E-state index < -0.39 is 0 Å². The number of terminal acetylenes is 1. The van der Waals surface area contributed by atoms with Crippen LogP contribution in [0.2, 0.25) is 5.02 Å². The lowest BCUT2D eigenvalue weighted by Crippen LogP contribution is -2.35. The van der Waals surface area contributed by atoms with Crippen LogP contribution >= 0.6 is 11.6 Å². The second-order valence-electron chi connectivity index (χ2n) is 2.87. The molecule has 1 rings (SSSR count). The molecule has 4 heteroatoms. The van der Waals surface area contributed by atoms with Crippen LogP contribution in [0.15, 0.2) is 24.3 Å². The van der Waals surface area contributed by atoms with E-state index in [-0.39, 0.29) is 12.6 Å². The summed E-state index contributed by atoms with van der Waals surface area (Å²) < 4.78 is 0. The smallest absolute Gasteiger partial charge is 0.315 e. The molecule has 15 heavy (non-hydrogen) atoms. The fraction of sp³-hybridized carbons (Fsp3) is 0.182. The molecular formula is C11H11ClN2O. The Balaban J connectivity index is 2.34. The van der Waals surface area contributed by atoms with Crippen LogP contribution in [0, 0.1) is 12.3 Å². The Bertz CT molecular complexity index is 367. The Labute approximate surface area is 93.8 Å². The maximum Gasteiger partial charge on any atom is 0.315 e. The first-order valence-electron chi connectivity index (χ1n) is 4.42. The van der Waals surface area contributed by atoms with Crippen molar-refractivity contribution in [3.05, 3.63) is 34.9 Å². The molecule has 0 aromatic heterocycles. The zero-order chi connectivity index (χ0) is 11.1. The Morgan fingerprint density at radius 1 is 1.33 bits per heavy atom. The van der Waals surface area contributed by atoms with Gasteiger partial charge < -0.3 is 10.6 Å². The molecule has 0 saturated heterocycles. The lowest BCUT2D eigenvalue weighted by Gasteiger charge is -2.05. The van der Waals surface area contributed by atoms with Gasteiger partial charge in [-0.2, -0.15) is 0 Å². The second-order valence-corrected chi connectivity index (χ2v) is 3.30. The lowest BCUT2D eigenvalue weighted by atomic mass is 10.2. The van der Waals surface area contributed by atoms with Crippen molar-refractivity contribution >= 4 is 17.6 Å².